The normalized spacial score (nSPS) is 11.3. The summed E-state index contributed by atoms with van der Waals surface area (Å²) in [6, 6.07) is 12.1. The maximum atomic E-state index is 12.6. The van der Waals surface area contributed by atoms with Crippen molar-refractivity contribution in [2.24, 2.45) is 7.05 Å². The van der Waals surface area contributed by atoms with Crippen LogP contribution in [0.5, 0.6) is 0 Å². The molecule has 0 saturated carbocycles. The number of fused-ring (bicyclic) bond motifs is 1. The molecule has 0 aliphatic heterocycles. The molecule has 0 spiro atoms. The molecule has 1 aromatic carbocycles. The predicted octanol–water partition coefficient (Wildman–Crippen LogP) is 2.67. The maximum absolute atomic E-state index is 12.6. The van der Waals surface area contributed by atoms with Crippen LogP contribution in [0.1, 0.15) is 22.8 Å². The average molecular weight is 334 g/mol. The maximum Gasteiger partial charge on any atom is 0.275 e. The van der Waals surface area contributed by atoms with E-state index in [1.54, 1.807) is 10.8 Å². The first-order valence-electron chi connectivity index (χ1n) is 8.11. The quantitative estimate of drug-likeness (QED) is 0.575. The Bertz CT molecular complexity index is 1090. The summed E-state index contributed by atoms with van der Waals surface area (Å²) in [7, 11) is 1.86. The van der Waals surface area contributed by atoms with E-state index in [1.165, 1.54) is 5.56 Å². The Labute approximate surface area is 144 Å². The van der Waals surface area contributed by atoms with Crippen molar-refractivity contribution in [1.29, 1.82) is 0 Å². The van der Waals surface area contributed by atoms with Crippen molar-refractivity contribution in [1.82, 2.24) is 19.3 Å². The summed E-state index contributed by atoms with van der Waals surface area (Å²) in [5, 5.41) is 4.95. The van der Waals surface area contributed by atoms with Crippen LogP contribution >= 0.6 is 0 Å². The number of aryl methyl sites for hydroxylation is 2. The van der Waals surface area contributed by atoms with E-state index in [1.807, 2.05) is 29.9 Å². The molecule has 4 aromatic rings. The Hall–Kier alpha value is -3.15. The number of hydrogen-bond acceptors (Lipinski definition) is 4. The van der Waals surface area contributed by atoms with Gasteiger partial charge in [0.15, 0.2) is 5.82 Å². The third kappa shape index (κ3) is 2.98. The van der Waals surface area contributed by atoms with Crippen molar-refractivity contribution in [2.75, 3.05) is 0 Å². The van der Waals surface area contributed by atoms with E-state index in [0.29, 0.717) is 23.7 Å². The summed E-state index contributed by atoms with van der Waals surface area (Å²) in [5.74, 6) is 1.05. The van der Waals surface area contributed by atoms with Gasteiger partial charge in [-0.05, 0) is 24.6 Å². The molecule has 4 rings (SSSR count). The highest BCUT2D eigenvalue weighted by molar-refractivity contribution is 5.78. The van der Waals surface area contributed by atoms with Crippen LogP contribution in [0.15, 0.2) is 58.1 Å². The fraction of sp³-hybridized carbons (Fsp3) is 0.211. The number of aromatic nitrogens is 4. The topological polar surface area (TPSA) is 65.8 Å². The van der Waals surface area contributed by atoms with Crippen LogP contribution < -0.4 is 5.56 Å². The molecule has 0 amide bonds. The Morgan fingerprint density at radius 1 is 1.08 bits per heavy atom. The van der Waals surface area contributed by atoms with E-state index in [-0.39, 0.29) is 12.1 Å². The molecule has 0 aliphatic rings. The standard InChI is InChI=1S/C19H18N4O2/c1-13-3-5-14(6-4-13)11-16-20-17(25-21-16)12-23-10-8-15-7-9-22(2)18(15)19(23)24/h3-10H,11-12H2,1-2H3. The molecule has 6 heteroatoms. The van der Waals surface area contributed by atoms with E-state index < -0.39 is 0 Å². The molecule has 0 radical (unpaired) electrons. The molecule has 0 bridgehead atoms. The van der Waals surface area contributed by atoms with Crippen LogP contribution in [0, 0.1) is 6.92 Å². The van der Waals surface area contributed by atoms with E-state index in [0.717, 1.165) is 10.9 Å². The molecular formula is C19H18N4O2. The smallest absolute Gasteiger partial charge is 0.275 e. The van der Waals surface area contributed by atoms with Crippen LogP contribution in [0.25, 0.3) is 10.9 Å². The van der Waals surface area contributed by atoms with Crippen molar-refractivity contribution < 1.29 is 4.52 Å². The van der Waals surface area contributed by atoms with Crippen LogP contribution in [-0.4, -0.2) is 19.3 Å². The first-order chi connectivity index (χ1) is 12.1. The van der Waals surface area contributed by atoms with Gasteiger partial charge in [0.2, 0.25) is 5.89 Å². The van der Waals surface area contributed by atoms with Gasteiger partial charge < -0.3 is 13.7 Å². The lowest BCUT2D eigenvalue weighted by atomic mass is 10.1. The molecule has 3 aromatic heterocycles. The van der Waals surface area contributed by atoms with Crippen LogP contribution in [0.3, 0.4) is 0 Å². The number of hydrogen-bond donors (Lipinski definition) is 0. The van der Waals surface area contributed by atoms with E-state index in [4.69, 9.17) is 4.52 Å². The number of pyridine rings is 1. The second-order valence-electron chi connectivity index (χ2n) is 6.25. The minimum absolute atomic E-state index is 0.0664. The molecule has 6 nitrogen and oxygen atoms in total. The van der Waals surface area contributed by atoms with Crippen molar-refractivity contribution in [3.8, 4) is 0 Å². The lowest BCUT2D eigenvalue weighted by Crippen LogP contribution is -2.21. The summed E-state index contributed by atoms with van der Waals surface area (Å²) in [6.07, 6.45) is 4.24. The summed E-state index contributed by atoms with van der Waals surface area (Å²) in [6.45, 7) is 2.32. The van der Waals surface area contributed by atoms with Crippen LogP contribution in [-0.2, 0) is 20.0 Å². The minimum Gasteiger partial charge on any atom is -0.346 e. The molecule has 0 aliphatic carbocycles. The van der Waals surface area contributed by atoms with E-state index >= 15 is 0 Å². The summed E-state index contributed by atoms with van der Waals surface area (Å²) < 4.78 is 8.73. The van der Waals surface area contributed by atoms with Crippen molar-refractivity contribution >= 4 is 10.9 Å². The van der Waals surface area contributed by atoms with Gasteiger partial charge in [0, 0.05) is 31.2 Å². The zero-order valence-electron chi connectivity index (χ0n) is 14.1. The van der Waals surface area contributed by atoms with E-state index in [2.05, 4.69) is 41.3 Å². The highest BCUT2D eigenvalue weighted by atomic mass is 16.5. The minimum atomic E-state index is -0.0664. The first-order valence-corrected chi connectivity index (χ1v) is 8.11. The van der Waals surface area contributed by atoms with E-state index in [9.17, 15) is 4.79 Å². The highest BCUT2D eigenvalue weighted by Crippen LogP contribution is 2.11. The van der Waals surface area contributed by atoms with Gasteiger partial charge in [-0.25, -0.2) is 0 Å². The van der Waals surface area contributed by atoms with Gasteiger partial charge in [0.25, 0.3) is 5.56 Å². The monoisotopic (exact) mass is 334 g/mol. The Balaban J connectivity index is 1.57. The molecule has 25 heavy (non-hydrogen) atoms. The zero-order valence-corrected chi connectivity index (χ0v) is 14.1. The number of nitrogens with zero attached hydrogens (tertiary/aromatic N) is 4. The Morgan fingerprint density at radius 3 is 2.64 bits per heavy atom. The van der Waals surface area contributed by atoms with Gasteiger partial charge in [0.1, 0.15) is 12.1 Å². The van der Waals surface area contributed by atoms with Crippen LogP contribution in [0.4, 0.5) is 0 Å². The third-order valence-corrected chi connectivity index (χ3v) is 4.30. The molecule has 126 valence electrons. The highest BCUT2D eigenvalue weighted by Gasteiger charge is 2.11. The van der Waals surface area contributed by atoms with Gasteiger partial charge in [-0.3, -0.25) is 4.79 Å². The summed E-state index contributed by atoms with van der Waals surface area (Å²) in [4.78, 5) is 17.0. The molecule has 0 unspecified atom stereocenters. The fourth-order valence-electron chi connectivity index (χ4n) is 2.92. The largest absolute Gasteiger partial charge is 0.346 e. The average Bonchev–Trinajstić information content (AvgIpc) is 3.19. The van der Waals surface area contributed by atoms with Gasteiger partial charge in [-0.15, -0.1) is 0 Å². The summed E-state index contributed by atoms with van der Waals surface area (Å²) in [5.41, 5.74) is 2.94. The number of benzene rings is 1. The molecular weight excluding hydrogens is 316 g/mol. The fourth-order valence-corrected chi connectivity index (χ4v) is 2.92. The zero-order chi connectivity index (χ0) is 17.4. The van der Waals surface area contributed by atoms with Crippen molar-refractivity contribution in [3.05, 3.63) is 82.0 Å². The third-order valence-electron chi connectivity index (χ3n) is 4.30. The lowest BCUT2D eigenvalue weighted by Gasteiger charge is -2.03. The van der Waals surface area contributed by atoms with Gasteiger partial charge in [-0.2, -0.15) is 4.98 Å². The second kappa shape index (κ2) is 6.05. The predicted molar refractivity (Wildman–Crippen MR) is 94.6 cm³/mol. The second-order valence-corrected chi connectivity index (χ2v) is 6.25. The SMILES string of the molecule is Cc1ccc(Cc2noc(Cn3ccc4ccn(C)c4c3=O)n2)cc1. The van der Waals surface area contributed by atoms with Crippen LogP contribution in [0.2, 0.25) is 0 Å². The first kappa shape index (κ1) is 15.4. The Kier molecular flexibility index (Phi) is 3.72. The van der Waals surface area contributed by atoms with Crippen molar-refractivity contribution in [2.45, 2.75) is 19.9 Å². The lowest BCUT2D eigenvalue weighted by molar-refractivity contribution is 0.365. The van der Waals surface area contributed by atoms with Crippen molar-refractivity contribution in [3.63, 3.8) is 0 Å². The molecule has 0 fully saturated rings. The number of rotatable bonds is 4. The van der Waals surface area contributed by atoms with Gasteiger partial charge >= 0.3 is 0 Å². The Morgan fingerprint density at radius 2 is 1.84 bits per heavy atom. The van der Waals surface area contributed by atoms with Gasteiger partial charge in [0.05, 0.1) is 0 Å². The molecule has 3 heterocycles. The molecule has 0 atom stereocenters. The van der Waals surface area contributed by atoms with Gasteiger partial charge in [-0.1, -0.05) is 35.0 Å². The summed E-state index contributed by atoms with van der Waals surface area (Å²) >= 11 is 0. The molecule has 0 N–H and O–H groups in total. The molecule has 0 saturated heterocycles.